The molecule has 0 spiro atoms. The Morgan fingerprint density at radius 1 is 1.27 bits per heavy atom. The van der Waals surface area contributed by atoms with Gasteiger partial charge in [-0.2, -0.15) is 0 Å². The molecule has 2 N–H and O–H groups in total. The second-order valence-corrected chi connectivity index (χ2v) is 7.23. The van der Waals surface area contributed by atoms with Crippen LogP contribution in [0.25, 0.3) is 5.57 Å². The Labute approximate surface area is 156 Å². The molecule has 0 saturated carbocycles. The van der Waals surface area contributed by atoms with Crippen molar-refractivity contribution < 1.29 is 9.84 Å². The number of hydrogen-bond donors (Lipinski definition) is 2. The summed E-state index contributed by atoms with van der Waals surface area (Å²) in [6.45, 7) is 7.05. The molecule has 1 fully saturated rings. The lowest BCUT2D eigenvalue weighted by molar-refractivity contribution is -0.0107. The van der Waals surface area contributed by atoms with Gasteiger partial charge in [0.25, 0.3) is 0 Å². The normalized spacial score (nSPS) is 20.6. The first-order valence-electron chi connectivity index (χ1n) is 9.73. The van der Waals surface area contributed by atoms with Gasteiger partial charge in [-0.1, -0.05) is 36.4 Å². The lowest BCUT2D eigenvalue weighted by Crippen LogP contribution is -2.45. The fourth-order valence-corrected chi connectivity index (χ4v) is 3.61. The summed E-state index contributed by atoms with van der Waals surface area (Å²) < 4.78 is 5.46. The van der Waals surface area contributed by atoms with E-state index in [2.05, 4.69) is 53.5 Å². The van der Waals surface area contributed by atoms with E-state index in [1.54, 1.807) is 0 Å². The van der Waals surface area contributed by atoms with E-state index in [0.717, 1.165) is 58.1 Å². The lowest BCUT2D eigenvalue weighted by atomic mass is 9.81. The molecule has 1 aromatic carbocycles. The fraction of sp³-hybridized carbons (Fsp3) is 0.571. The average molecular weight is 357 g/mol. The summed E-state index contributed by atoms with van der Waals surface area (Å²) in [5.74, 6) is 0.954. The van der Waals surface area contributed by atoms with E-state index in [-0.39, 0.29) is 12.0 Å². The van der Waals surface area contributed by atoms with Crippen LogP contribution in [0, 0.1) is 5.41 Å². The van der Waals surface area contributed by atoms with E-state index in [4.69, 9.17) is 9.73 Å². The van der Waals surface area contributed by atoms with Crippen LogP contribution in [-0.2, 0) is 4.74 Å². The molecule has 0 bridgehead atoms. The van der Waals surface area contributed by atoms with Crippen molar-refractivity contribution in [2.75, 3.05) is 46.0 Å². The highest BCUT2D eigenvalue weighted by atomic mass is 16.5. The second-order valence-electron chi connectivity index (χ2n) is 7.23. The Morgan fingerprint density at radius 2 is 2.04 bits per heavy atom. The maximum atomic E-state index is 9.89. The molecule has 3 rings (SSSR count). The molecule has 0 unspecified atom stereocenters. The second kappa shape index (κ2) is 9.19. The van der Waals surface area contributed by atoms with Crippen molar-refractivity contribution in [1.82, 2.24) is 10.2 Å². The summed E-state index contributed by atoms with van der Waals surface area (Å²) in [5.41, 5.74) is 2.60. The zero-order valence-electron chi connectivity index (χ0n) is 15.8. The Hall–Kier alpha value is -1.85. The maximum absolute atomic E-state index is 9.89. The number of benzene rings is 1. The molecule has 5 heteroatoms. The van der Waals surface area contributed by atoms with Crippen LogP contribution >= 0.6 is 0 Å². The number of aliphatic hydroxyl groups excluding tert-OH is 1. The SMILES string of the molecule is CCNC(=NCC1(CO)CCOCC1)N1CC=C(c2ccccc2)CC1. The molecule has 1 aromatic rings. The van der Waals surface area contributed by atoms with Crippen LogP contribution < -0.4 is 5.32 Å². The van der Waals surface area contributed by atoms with Gasteiger partial charge in [0.15, 0.2) is 5.96 Å². The smallest absolute Gasteiger partial charge is 0.194 e. The van der Waals surface area contributed by atoms with E-state index < -0.39 is 0 Å². The summed E-state index contributed by atoms with van der Waals surface area (Å²) in [4.78, 5) is 7.19. The van der Waals surface area contributed by atoms with Crippen molar-refractivity contribution in [1.29, 1.82) is 0 Å². The van der Waals surface area contributed by atoms with Crippen LogP contribution in [0.1, 0.15) is 31.7 Å². The zero-order chi connectivity index (χ0) is 18.2. The molecular formula is C21H31N3O2. The molecule has 0 atom stereocenters. The maximum Gasteiger partial charge on any atom is 0.194 e. The summed E-state index contributed by atoms with van der Waals surface area (Å²) in [5, 5.41) is 13.3. The molecule has 0 aliphatic carbocycles. The molecule has 0 aromatic heterocycles. The number of nitrogens with zero attached hydrogens (tertiary/aromatic N) is 2. The molecule has 0 radical (unpaired) electrons. The lowest BCUT2D eigenvalue weighted by Gasteiger charge is -2.35. The minimum atomic E-state index is -0.125. The van der Waals surface area contributed by atoms with Crippen molar-refractivity contribution in [2.45, 2.75) is 26.2 Å². The summed E-state index contributed by atoms with van der Waals surface area (Å²) in [7, 11) is 0. The van der Waals surface area contributed by atoms with Gasteiger partial charge in [-0.3, -0.25) is 4.99 Å². The van der Waals surface area contributed by atoms with Crippen molar-refractivity contribution in [3.05, 3.63) is 42.0 Å². The number of guanidine groups is 1. The highest BCUT2D eigenvalue weighted by Crippen LogP contribution is 2.30. The molecule has 2 heterocycles. The first-order chi connectivity index (χ1) is 12.8. The van der Waals surface area contributed by atoms with Crippen LogP contribution in [0.5, 0.6) is 0 Å². The standard InChI is InChI=1S/C21H31N3O2/c1-2-22-20(23-16-21(17-25)10-14-26-15-11-21)24-12-8-19(9-13-24)18-6-4-3-5-7-18/h3-8,25H,2,9-17H2,1H3,(H,22,23). The summed E-state index contributed by atoms with van der Waals surface area (Å²) in [6, 6.07) is 10.6. The quantitative estimate of drug-likeness (QED) is 0.628. The minimum Gasteiger partial charge on any atom is -0.396 e. The molecule has 1 saturated heterocycles. The Balaban J connectivity index is 1.67. The van der Waals surface area contributed by atoms with Gasteiger partial charge in [0.05, 0.1) is 13.2 Å². The topological polar surface area (TPSA) is 57.1 Å². The number of hydrogen-bond acceptors (Lipinski definition) is 3. The predicted octanol–water partition coefficient (Wildman–Crippen LogP) is 2.53. The van der Waals surface area contributed by atoms with E-state index >= 15 is 0 Å². The van der Waals surface area contributed by atoms with Gasteiger partial charge in [0.2, 0.25) is 0 Å². The third-order valence-corrected chi connectivity index (χ3v) is 5.44. The van der Waals surface area contributed by atoms with Crippen LogP contribution in [0.2, 0.25) is 0 Å². The highest BCUT2D eigenvalue weighted by molar-refractivity contribution is 5.81. The Morgan fingerprint density at radius 3 is 2.65 bits per heavy atom. The van der Waals surface area contributed by atoms with Gasteiger partial charge < -0.3 is 20.1 Å². The predicted molar refractivity (Wildman–Crippen MR) is 106 cm³/mol. The Kier molecular flexibility index (Phi) is 6.69. The fourth-order valence-electron chi connectivity index (χ4n) is 3.61. The van der Waals surface area contributed by atoms with Gasteiger partial charge in [-0.25, -0.2) is 0 Å². The van der Waals surface area contributed by atoms with Crippen molar-refractivity contribution >= 4 is 11.5 Å². The van der Waals surface area contributed by atoms with Gasteiger partial charge in [0.1, 0.15) is 0 Å². The molecular weight excluding hydrogens is 326 g/mol. The summed E-state index contributed by atoms with van der Waals surface area (Å²) in [6.07, 6.45) is 5.09. The Bertz CT molecular complexity index is 621. The van der Waals surface area contributed by atoms with Gasteiger partial charge in [-0.05, 0) is 37.3 Å². The zero-order valence-corrected chi connectivity index (χ0v) is 15.8. The van der Waals surface area contributed by atoms with E-state index in [1.165, 1.54) is 11.1 Å². The van der Waals surface area contributed by atoms with Gasteiger partial charge >= 0.3 is 0 Å². The van der Waals surface area contributed by atoms with Gasteiger partial charge in [0, 0.05) is 38.3 Å². The third-order valence-electron chi connectivity index (χ3n) is 5.44. The molecule has 0 amide bonds. The van der Waals surface area contributed by atoms with Crippen LogP contribution in [-0.4, -0.2) is 62.0 Å². The first kappa shape index (κ1) is 18.9. The van der Waals surface area contributed by atoms with Crippen LogP contribution in [0.3, 0.4) is 0 Å². The number of ether oxygens (including phenoxy) is 1. The van der Waals surface area contributed by atoms with Crippen LogP contribution in [0.4, 0.5) is 0 Å². The first-order valence-corrected chi connectivity index (χ1v) is 9.73. The average Bonchev–Trinajstić information content (AvgIpc) is 2.72. The number of aliphatic imine (C=N–C) groups is 1. The molecule has 142 valence electrons. The number of nitrogens with one attached hydrogen (secondary N) is 1. The van der Waals surface area contributed by atoms with Crippen molar-refractivity contribution in [3.8, 4) is 0 Å². The highest BCUT2D eigenvalue weighted by Gasteiger charge is 2.32. The third kappa shape index (κ3) is 4.65. The monoisotopic (exact) mass is 357 g/mol. The number of rotatable bonds is 5. The molecule has 2 aliphatic heterocycles. The van der Waals surface area contributed by atoms with Crippen molar-refractivity contribution in [2.24, 2.45) is 10.4 Å². The van der Waals surface area contributed by atoms with Crippen LogP contribution in [0.15, 0.2) is 41.4 Å². The van der Waals surface area contributed by atoms with E-state index in [0.29, 0.717) is 6.54 Å². The van der Waals surface area contributed by atoms with Gasteiger partial charge in [-0.15, -0.1) is 0 Å². The largest absolute Gasteiger partial charge is 0.396 e. The molecule has 2 aliphatic rings. The van der Waals surface area contributed by atoms with Crippen molar-refractivity contribution in [3.63, 3.8) is 0 Å². The molecule has 5 nitrogen and oxygen atoms in total. The van der Waals surface area contributed by atoms with E-state index in [9.17, 15) is 5.11 Å². The summed E-state index contributed by atoms with van der Waals surface area (Å²) >= 11 is 0. The van der Waals surface area contributed by atoms with E-state index in [1.807, 2.05) is 0 Å². The minimum absolute atomic E-state index is 0.125. The number of aliphatic hydroxyl groups is 1. The molecule has 26 heavy (non-hydrogen) atoms.